The second-order valence-electron chi connectivity index (χ2n) is 3.65. The first-order chi connectivity index (χ1) is 5.22. The molecule has 11 heavy (non-hydrogen) atoms. The summed E-state index contributed by atoms with van der Waals surface area (Å²) >= 11 is 0. The van der Waals surface area contributed by atoms with Gasteiger partial charge in [-0.1, -0.05) is 0 Å². The maximum Gasteiger partial charge on any atom is 0.0584 e. The molecule has 1 rings (SSSR count). The highest BCUT2D eigenvalue weighted by Gasteiger charge is 2.23. The van der Waals surface area contributed by atoms with Crippen molar-refractivity contribution < 1.29 is 5.11 Å². The van der Waals surface area contributed by atoms with E-state index >= 15 is 0 Å². The molecule has 2 atom stereocenters. The van der Waals surface area contributed by atoms with Gasteiger partial charge in [0.2, 0.25) is 0 Å². The molecule has 0 bridgehead atoms. The highest BCUT2D eigenvalue weighted by Crippen LogP contribution is 2.13. The third-order valence-corrected chi connectivity index (χ3v) is 2.16. The molecule has 3 nitrogen and oxygen atoms in total. The monoisotopic (exact) mass is 158 g/mol. The lowest BCUT2D eigenvalue weighted by Crippen LogP contribution is -2.25. The van der Waals surface area contributed by atoms with Crippen molar-refractivity contribution in [2.45, 2.75) is 12.5 Å². The topological polar surface area (TPSA) is 35.5 Å². The number of rotatable bonds is 3. The van der Waals surface area contributed by atoms with Gasteiger partial charge in [0.15, 0.2) is 0 Å². The molecule has 1 aliphatic heterocycles. The van der Waals surface area contributed by atoms with Crippen LogP contribution in [0.25, 0.3) is 0 Å². The lowest BCUT2D eigenvalue weighted by molar-refractivity contribution is 0.249. The maximum absolute atomic E-state index is 8.84. The predicted octanol–water partition coefficient (Wildman–Crippen LogP) is -0.482. The van der Waals surface area contributed by atoms with Crippen molar-refractivity contribution in [3.63, 3.8) is 0 Å². The summed E-state index contributed by atoms with van der Waals surface area (Å²) in [5.74, 6) is 0.724. The first kappa shape index (κ1) is 8.97. The molecule has 0 spiro atoms. The standard InChI is InChI=1S/C8H18N2O/c1-10(2)5-7-3-8(6-11)9-4-7/h7-9,11H,3-6H2,1-2H3. The third-order valence-electron chi connectivity index (χ3n) is 2.16. The van der Waals surface area contributed by atoms with Crippen LogP contribution in [-0.4, -0.2) is 49.8 Å². The van der Waals surface area contributed by atoms with Gasteiger partial charge < -0.3 is 15.3 Å². The normalized spacial score (nSPS) is 31.6. The molecule has 66 valence electrons. The third kappa shape index (κ3) is 2.77. The quantitative estimate of drug-likeness (QED) is 0.582. The number of aliphatic hydroxyl groups excluding tert-OH is 1. The zero-order chi connectivity index (χ0) is 8.27. The molecule has 0 radical (unpaired) electrons. The van der Waals surface area contributed by atoms with Crippen LogP contribution in [0.2, 0.25) is 0 Å². The Bertz CT molecular complexity index is 117. The molecule has 1 aliphatic rings. The van der Waals surface area contributed by atoms with Gasteiger partial charge in [-0.3, -0.25) is 0 Å². The van der Waals surface area contributed by atoms with Crippen LogP contribution in [-0.2, 0) is 0 Å². The summed E-state index contributed by atoms with van der Waals surface area (Å²) in [7, 11) is 4.18. The number of nitrogens with zero attached hydrogens (tertiary/aromatic N) is 1. The van der Waals surface area contributed by atoms with Crippen LogP contribution in [0, 0.1) is 5.92 Å². The van der Waals surface area contributed by atoms with E-state index in [0.717, 1.165) is 25.4 Å². The van der Waals surface area contributed by atoms with Gasteiger partial charge in [0.1, 0.15) is 0 Å². The number of hydrogen-bond donors (Lipinski definition) is 2. The minimum atomic E-state index is 0.282. The summed E-state index contributed by atoms with van der Waals surface area (Å²) in [6.07, 6.45) is 1.12. The fraction of sp³-hybridized carbons (Fsp3) is 1.00. The average Bonchev–Trinajstić information content (AvgIpc) is 2.34. The number of hydrogen-bond acceptors (Lipinski definition) is 3. The van der Waals surface area contributed by atoms with Gasteiger partial charge in [-0.25, -0.2) is 0 Å². The predicted molar refractivity (Wildman–Crippen MR) is 45.5 cm³/mol. The molecule has 1 saturated heterocycles. The molecule has 0 aliphatic carbocycles. The van der Waals surface area contributed by atoms with Crippen LogP contribution < -0.4 is 5.32 Å². The van der Waals surface area contributed by atoms with Gasteiger partial charge in [-0.15, -0.1) is 0 Å². The smallest absolute Gasteiger partial charge is 0.0584 e. The van der Waals surface area contributed by atoms with Gasteiger partial charge >= 0.3 is 0 Å². The Kier molecular flexibility index (Phi) is 3.30. The van der Waals surface area contributed by atoms with Crippen molar-refractivity contribution in [3.8, 4) is 0 Å². The molecule has 2 unspecified atom stereocenters. The molecule has 0 aromatic rings. The molecular weight excluding hydrogens is 140 g/mol. The zero-order valence-corrected chi connectivity index (χ0v) is 7.38. The summed E-state index contributed by atoms with van der Waals surface area (Å²) in [4.78, 5) is 2.20. The first-order valence-corrected chi connectivity index (χ1v) is 4.21. The Morgan fingerprint density at radius 2 is 2.27 bits per heavy atom. The molecule has 2 N–H and O–H groups in total. The molecular formula is C8H18N2O. The Hall–Kier alpha value is -0.120. The van der Waals surface area contributed by atoms with E-state index in [9.17, 15) is 0 Å². The van der Waals surface area contributed by atoms with E-state index in [2.05, 4.69) is 24.3 Å². The fourth-order valence-electron chi connectivity index (χ4n) is 1.70. The van der Waals surface area contributed by atoms with Crippen molar-refractivity contribution in [2.24, 2.45) is 5.92 Å². The van der Waals surface area contributed by atoms with Crippen molar-refractivity contribution >= 4 is 0 Å². The molecule has 3 heteroatoms. The van der Waals surface area contributed by atoms with Gasteiger partial charge in [0.05, 0.1) is 6.61 Å². The molecule has 0 aromatic heterocycles. The lowest BCUT2D eigenvalue weighted by Gasteiger charge is -2.14. The summed E-state index contributed by atoms with van der Waals surface area (Å²) in [5.41, 5.74) is 0. The van der Waals surface area contributed by atoms with E-state index in [0.29, 0.717) is 6.04 Å². The molecule has 1 fully saturated rings. The Labute approximate surface area is 68.4 Å². The molecule has 0 saturated carbocycles. The van der Waals surface area contributed by atoms with Crippen molar-refractivity contribution in [3.05, 3.63) is 0 Å². The summed E-state index contributed by atoms with van der Waals surface area (Å²) in [6, 6.07) is 0.347. The molecule has 0 aromatic carbocycles. The van der Waals surface area contributed by atoms with Crippen molar-refractivity contribution in [1.29, 1.82) is 0 Å². The SMILES string of the molecule is CN(C)CC1CNC(CO)C1. The largest absolute Gasteiger partial charge is 0.395 e. The van der Waals surface area contributed by atoms with Crippen LogP contribution in [0.15, 0.2) is 0 Å². The maximum atomic E-state index is 8.84. The van der Waals surface area contributed by atoms with Crippen molar-refractivity contribution in [2.75, 3.05) is 33.8 Å². The fourth-order valence-corrected chi connectivity index (χ4v) is 1.70. The second kappa shape index (κ2) is 4.04. The van der Waals surface area contributed by atoms with Crippen LogP contribution in [0.4, 0.5) is 0 Å². The number of aliphatic hydroxyl groups is 1. The molecule has 1 heterocycles. The van der Waals surface area contributed by atoms with Gasteiger partial charge in [-0.05, 0) is 33.0 Å². The van der Waals surface area contributed by atoms with Crippen LogP contribution in [0.1, 0.15) is 6.42 Å². The zero-order valence-electron chi connectivity index (χ0n) is 7.38. The highest BCUT2D eigenvalue weighted by atomic mass is 16.3. The van der Waals surface area contributed by atoms with E-state index < -0.39 is 0 Å². The van der Waals surface area contributed by atoms with Gasteiger partial charge in [0.25, 0.3) is 0 Å². The Morgan fingerprint density at radius 1 is 1.55 bits per heavy atom. The van der Waals surface area contributed by atoms with E-state index in [1.165, 1.54) is 0 Å². The Balaban J connectivity index is 2.19. The Morgan fingerprint density at radius 3 is 2.73 bits per heavy atom. The van der Waals surface area contributed by atoms with E-state index in [1.807, 2.05) is 0 Å². The van der Waals surface area contributed by atoms with E-state index in [-0.39, 0.29) is 6.61 Å². The van der Waals surface area contributed by atoms with Crippen LogP contribution >= 0.6 is 0 Å². The summed E-state index contributed by atoms with van der Waals surface area (Å²) in [5, 5.41) is 12.1. The van der Waals surface area contributed by atoms with Crippen LogP contribution in [0.3, 0.4) is 0 Å². The average molecular weight is 158 g/mol. The van der Waals surface area contributed by atoms with Gasteiger partial charge in [-0.2, -0.15) is 0 Å². The van der Waals surface area contributed by atoms with Crippen LogP contribution in [0.5, 0.6) is 0 Å². The summed E-state index contributed by atoms with van der Waals surface area (Å²) < 4.78 is 0. The molecule has 0 amide bonds. The van der Waals surface area contributed by atoms with Crippen molar-refractivity contribution in [1.82, 2.24) is 10.2 Å². The second-order valence-corrected chi connectivity index (χ2v) is 3.65. The minimum absolute atomic E-state index is 0.282. The van der Waals surface area contributed by atoms with E-state index in [4.69, 9.17) is 5.11 Å². The minimum Gasteiger partial charge on any atom is -0.395 e. The lowest BCUT2D eigenvalue weighted by atomic mass is 10.1. The highest BCUT2D eigenvalue weighted by molar-refractivity contribution is 4.81. The number of nitrogens with one attached hydrogen (secondary N) is 1. The van der Waals surface area contributed by atoms with E-state index in [1.54, 1.807) is 0 Å². The summed E-state index contributed by atoms with van der Waals surface area (Å²) in [6.45, 7) is 2.47. The first-order valence-electron chi connectivity index (χ1n) is 4.21. The van der Waals surface area contributed by atoms with Gasteiger partial charge in [0, 0.05) is 12.6 Å².